The number of esters is 1. The zero-order chi connectivity index (χ0) is 24.6. The Balaban J connectivity index is 1.38. The average molecular weight is 512 g/mol. The van der Waals surface area contributed by atoms with E-state index in [2.05, 4.69) is 26.6 Å². The number of halogens is 1. The number of thiazole rings is 1. The highest BCUT2D eigenvalue weighted by Crippen LogP contribution is 2.53. The molecule has 0 saturated heterocycles. The number of carbonyl (C=O) groups excluding carboxylic acids is 1. The Morgan fingerprint density at radius 1 is 1.11 bits per heavy atom. The van der Waals surface area contributed by atoms with Crippen LogP contribution in [-0.4, -0.2) is 37.2 Å². The number of benzene rings is 2. The van der Waals surface area contributed by atoms with Crippen LogP contribution in [-0.2, 0) is 25.0 Å². The fourth-order valence-electron chi connectivity index (χ4n) is 4.08. The molecule has 0 spiro atoms. The lowest BCUT2D eigenvalue weighted by Gasteiger charge is -2.14. The first-order chi connectivity index (χ1) is 16.8. The van der Waals surface area contributed by atoms with Crippen LogP contribution in [0.1, 0.15) is 30.5 Å². The monoisotopic (exact) mass is 511 g/mol. The molecular weight excluding hydrogens is 489 g/mol. The standard InChI is InChI=1S/C25H22FN3O4S2/c1-33-22(30)11-14-35(31,32)29-17-7-8-18(19(26)15-17)23-27-20-9-10-21(28-24(20)34-23)25(12-13-25)16-5-3-2-4-6-16/h2-10,15,29H,11-14H2,1H3. The largest absolute Gasteiger partial charge is 0.469 e. The maximum absolute atomic E-state index is 14.9. The van der Waals surface area contributed by atoms with Gasteiger partial charge in [0.2, 0.25) is 10.0 Å². The number of anilines is 1. The average Bonchev–Trinajstić information content (AvgIpc) is 3.56. The topological polar surface area (TPSA) is 98.2 Å². The van der Waals surface area contributed by atoms with E-state index in [0.29, 0.717) is 10.5 Å². The minimum atomic E-state index is -3.83. The van der Waals surface area contributed by atoms with Gasteiger partial charge in [0, 0.05) is 11.0 Å². The number of methoxy groups -OCH3 is 1. The molecule has 0 amide bonds. The highest BCUT2D eigenvalue weighted by molar-refractivity contribution is 7.92. The van der Waals surface area contributed by atoms with Crippen LogP contribution in [0.25, 0.3) is 20.9 Å². The van der Waals surface area contributed by atoms with E-state index in [-0.39, 0.29) is 23.1 Å². The van der Waals surface area contributed by atoms with Gasteiger partial charge in [0.15, 0.2) is 0 Å². The first-order valence-electron chi connectivity index (χ1n) is 11.0. The minimum Gasteiger partial charge on any atom is -0.469 e. The molecule has 0 aliphatic heterocycles. The summed E-state index contributed by atoms with van der Waals surface area (Å²) >= 11 is 1.30. The SMILES string of the molecule is COC(=O)CCS(=O)(=O)Nc1ccc(-c2nc3ccc(C4(c5ccccc5)CC4)nc3s2)c(F)c1. The first kappa shape index (κ1) is 23.4. The van der Waals surface area contributed by atoms with Crippen molar-refractivity contribution in [3.8, 4) is 10.6 Å². The normalized spacial score (nSPS) is 14.6. The van der Waals surface area contributed by atoms with Gasteiger partial charge in [-0.1, -0.05) is 41.7 Å². The van der Waals surface area contributed by atoms with E-state index >= 15 is 0 Å². The number of aromatic nitrogens is 2. The van der Waals surface area contributed by atoms with E-state index in [4.69, 9.17) is 4.98 Å². The van der Waals surface area contributed by atoms with Crippen LogP contribution >= 0.6 is 11.3 Å². The van der Waals surface area contributed by atoms with Crippen LogP contribution in [0.2, 0.25) is 0 Å². The van der Waals surface area contributed by atoms with Gasteiger partial charge in [-0.05, 0) is 48.7 Å². The summed E-state index contributed by atoms with van der Waals surface area (Å²) in [6, 6.07) is 18.3. The molecular formula is C25H22FN3O4S2. The van der Waals surface area contributed by atoms with Crippen LogP contribution in [0.4, 0.5) is 10.1 Å². The molecule has 180 valence electrons. The predicted octanol–water partition coefficient (Wildman–Crippen LogP) is 4.88. The van der Waals surface area contributed by atoms with Crippen molar-refractivity contribution in [1.82, 2.24) is 9.97 Å². The Hall–Kier alpha value is -3.37. The minimum absolute atomic E-state index is 0.0659. The molecule has 4 aromatic rings. The van der Waals surface area contributed by atoms with Crippen molar-refractivity contribution in [2.24, 2.45) is 0 Å². The zero-order valence-corrected chi connectivity index (χ0v) is 20.5. The second kappa shape index (κ2) is 9.01. The number of carbonyl (C=O) groups is 1. The van der Waals surface area contributed by atoms with Gasteiger partial charge in [-0.2, -0.15) is 0 Å². The smallest absolute Gasteiger partial charge is 0.306 e. The molecule has 2 heterocycles. The van der Waals surface area contributed by atoms with E-state index in [1.54, 1.807) is 0 Å². The third-order valence-corrected chi connectivity index (χ3v) is 8.38. The Morgan fingerprint density at radius 3 is 2.57 bits per heavy atom. The molecule has 1 saturated carbocycles. The van der Waals surface area contributed by atoms with Gasteiger partial charge < -0.3 is 4.74 Å². The number of hydrogen-bond acceptors (Lipinski definition) is 7. The Bertz CT molecular complexity index is 1520. The van der Waals surface area contributed by atoms with E-state index < -0.39 is 27.6 Å². The number of sulfonamides is 1. The zero-order valence-electron chi connectivity index (χ0n) is 18.8. The molecule has 0 bridgehead atoms. The summed E-state index contributed by atoms with van der Waals surface area (Å²) in [4.78, 5) is 21.4. The maximum atomic E-state index is 14.9. The van der Waals surface area contributed by atoms with Crippen LogP contribution in [0.5, 0.6) is 0 Å². The lowest BCUT2D eigenvalue weighted by molar-refractivity contribution is -0.140. The van der Waals surface area contributed by atoms with E-state index in [1.807, 2.05) is 30.3 Å². The van der Waals surface area contributed by atoms with E-state index in [1.165, 1.54) is 36.1 Å². The van der Waals surface area contributed by atoms with Gasteiger partial charge in [-0.3, -0.25) is 9.52 Å². The van der Waals surface area contributed by atoms with Crippen molar-refractivity contribution in [3.05, 3.63) is 77.7 Å². The summed E-state index contributed by atoms with van der Waals surface area (Å²) in [6.45, 7) is 0. The molecule has 0 unspecified atom stereocenters. The molecule has 5 rings (SSSR count). The highest BCUT2D eigenvalue weighted by atomic mass is 32.2. The molecule has 1 aliphatic carbocycles. The summed E-state index contributed by atoms with van der Waals surface area (Å²) in [5, 5.41) is 0.465. The quantitative estimate of drug-likeness (QED) is 0.339. The third kappa shape index (κ3) is 4.76. The lowest BCUT2D eigenvalue weighted by Crippen LogP contribution is -2.19. The van der Waals surface area contributed by atoms with E-state index in [9.17, 15) is 17.6 Å². The highest BCUT2D eigenvalue weighted by Gasteiger charge is 2.47. The van der Waals surface area contributed by atoms with Crippen molar-refractivity contribution in [2.45, 2.75) is 24.7 Å². The van der Waals surface area contributed by atoms with Crippen molar-refractivity contribution >= 4 is 43.4 Å². The first-order valence-corrected chi connectivity index (χ1v) is 13.5. The molecule has 2 aromatic heterocycles. The second-order valence-electron chi connectivity index (χ2n) is 8.43. The Morgan fingerprint density at radius 2 is 1.89 bits per heavy atom. The maximum Gasteiger partial charge on any atom is 0.306 e. The van der Waals surface area contributed by atoms with Crippen LogP contribution in [0.15, 0.2) is 60.7 Å². The van der Waals surface area contributed by atoms with Gasteiger partial charge in [0.05, 0.1) is 30.7 Å². The lowest BCUT2D eigenvalue weighted by atomic mass is 9.92. The van der Waals surface area contributed by atoms with E-state index in [0.717, 1.165) is 29.4 Å². The molecule has 0 atom stereocenters. The number of nitrogens with zero attached hydrogens (tertiary/aromatic N) is 2. The second-order valence-corrected chi connectivity index (χ2v) is 11.2. The van der Waals surface area contributed by atoms with Gasteiger partial charge in [0.1, 0.15) is 21.2 Å². The molecule has 35 heavy (non-hydrogen) atoms. The molecule has 0 radical (unpaired) electrons. The molecule has 1 aliphatic rings. The summed E-state index contributed by atoms with van der Waals surface area (Å²) < 4.78 is 46.0. The summed E-state index contributed by atoms with van der Waals surface area (Å²) in [5.41, 5.74) is 3.17. The van der Waals surface area contributed by atoms with Gasteiger partial charge in [-0.15, -0.1) is 0 Å². The Labute approximate surface area is 206 Å². The fourth-order valence-corrected chi connectivity index (χ4v) is 6.06. The van der Waals surface area contributed by atoms with Gasteiger partial charge in [-0.25, -0.2) is 22.8 Å². The molecule has 1 fully saturated rings. The van der Waals surface area contributed by atoms with Crippen molar-refractivity contribution in [1.29, 1.82) is 0 Å². The number of hydrogen-bond donors (Lipinski definition) is 1. The van der Waals surface area contributed by atoms with Crippen molar-refractivity contribution in [3.63, 3.8) is 0 Å². The summed E-state index contributed by atoms with van der Waals surface area (Å²) in [6.07, 6.45) is 1.78. The van der Waals surface area contributed by atoms with Crippen LogP contribution in [0, 0.1) is 5.82 Å². The number of pyridine rings is 1. The predicted molar refractivity (Wildman–Crippen MR) is 133 cm³/mol. The molecule has 7 nitrogen and oxygen atoms in total. The number of rotatable bonds is 8. The van der Waals surface area contributed by atoms with Crippen molar-refractivity contribution in [2.75, 3.05) is 17.6 Å². The number of fused-ring (bicyclic) bond motifs is 1. The molecule has 10 heteroatoms. The number of ether oxygens (including phenoxy) is 1. The Kier molecular flexibility index (Phi) is 6.02. The van der Waals surface area contributed by atoms with Gasteiger partial charge in [0.25, 0.3) is 0 Å². The molecule has 2 aromatic carbocycles. The summed E-state index contributed by atoms with van der Waals surface area (Å²) in [7, 11) is -2.65. The third-order valence-electron chi connectivity index (χ3n) is 6.10. The number of nitrogens with one attached hydrogen (secondary N) is 1. The fraction of sp³-hybridized carbons (Fsp3) is 0.240. The van der Waals surface area contributed by atoms with Crippen LogP contribution in [0.3, 0.4) is 0 Å². The summed E-state index contributed by atoms with van der Waals surface area (Å²) in [5.74, 6) is -1.71. The van der Waals surface area contributed by atoms with Crippen LogP contribution < -0.4 is 4.72 Å². The van der Waals surface area contributed by atoms with Crippen molar-refractivity contribution < 1.29 is 22.3 Å². The van der Waals surface area contributed by atoms with Gasteiger partial charge >= 0.3 is 5.97 Å². The molecule has 1 N–H and O–H groups in total.